The number of benzene rings is 2. The lowest BCUT2D eigenvalue weighted by molar-refractivity contribution is -0.128. The molecule has 32 heavy (non-hydrogen) atoms. The molecule has 1 amide bonds. The van der Waals surface area contributed by atoms with Gasteiger partial charge in [0.05, 0.1) is 11.4 Å². The zero-order chi connectivity index (χ0) is 23.1. The molecule has 2 aromatic carbocycles. The van der Waals surface area contributed by atoms with Crippen LogP contribution in [0.15, 0.2) is 47.4 Å². The molecule has 0 spiro atoms. The lowest BCUT2D eigenvalue weighted by Crippen LogP contribution is -2.39. The van der Waals surface area contributed by atoms with E-state index in [9.17, 15) is 13.2 Å². The van der Waals surface area contributed by atoms with Crippen LogP contribution in [0.4, 0.5) is 0 Å². The van der Waals surface area contributed by atoms with Crippen molar-refractivity contribution in [2.45, 2.75) is 51.0 Å². The minimum Gasteiger partial charge on any atom is -0.492 e. The van der Waals surface area contributed by atoms with Gasteiger partial charge in [0.15, 0.2) is 6.10 Å². The summed E-state index contributed by atoms with van der Waals surface area (Å²) in [5, 5.41) is 2.84. The number of sulfonamides is 1. The standard InChI is InChI=1S/C24H32N2O5S/c1-4-22(31-23-12-7-18(2)17-19(23)3)24(27)25-13-16-30-20-8-10-21(11-9-20)32(28,29)26-14-5-6-15-26/h7-12,17,22H,4-6,13-16H2,1-3H3,(H,25,27)/t22-/m1/s1. The molecule has 1 saturated heterocycles. The second-order valence-electron chi connectivity index (χ2n) is 8.01. The van der Waals surface area contributed by atoms with Crippen LogP contribution < -0.4 is 14.8 Å². The second kappa shape index (κ2) is 10.8. The first kappa shape index (κ1) is 24.1. The summed E-state index contributed by atoms with van der Waals surface area (Å²) in [6, 6.07) is 12.3. The molecule has 0 radical (unpaired) electrons. The summed E-state index contributed by atoms with van der Waals surface area (Å²) < 4.78 is 38.2. The quantitative estimate of drug-likeness (QED) is 0.549. The van der Waals surface area contributed by atoms with Gasteiger partial charge in [0.1, 0.15) is 18.1 Å². The minimum absolute atomic E-state index is 0.192. The summed E-state index contributed by atoms with van der Waals surface area (Å²) >= 11 is 0. The Morgan fingerprint density at radius 1 is 1.09 bits per heavy atom. The lowest BCUT2D eigenvalue weighted by Gasteiger charge is -2.19. The van der Waals surface area contributed by atoms with Crippen molar-refractivity contribution in [3.63, 3.8) is 0 Å². The highest BCUT2D eigenvalue weighted by Crippen LogP contribution is 2.23. The van der Waals surface area contributed by atoms with Gasteiger partial charge in [-0.25, -0.2) is 8.42 Å². The Morgan fingerprint density at radius 3 is 2.41 bits per heavy atom. The summed E-state index contributed by atoms with van der Waals surface area (Å²) in [7, 11) is -3.43. The molecule has 1 heterocycles. The molecule has 0 aromatic heterocycles. The topological polar surface area (TPSA) is 84.9 Å². The average molecular weight is 461 g/mol. The van der Waals surface area contributed by atoms with E-state index in [0.717, 1.165) is 24.0 Å². The fourth-order valence-corrected chi connectivity index (χ4v) is 5.17. The molecule has 0 unspecified atom stereocenters. The van der Waals surface area contributed by atoms with E-state index in [1.54, 1.807) is 24.3 Å². The van der Waals surface area contributed by atoms with Crippen molar-refractivity contribution < 1.29 is 22.7 Å². The van der Waals surface area contributed by atoms with E-state index < -0.39 is 16.1 Å². The van der Waals surface area contributed by atoms with E-state index in [0.29, 0.717) is 37.6 Å². The molecule has 1 atom stereocenters. The Hall–Kier alpha value is -2.58. The van der Waals surface area contributed by atoms with Crippen molar-refractivity contribution in [1.29, 1.82) is 0 Å². The number of carbonyl (C=O) groups is 1. The highest BCUT2D eigenvalue weighted by Gasteiger charge is 2.27. The average Bonchev–Trinajstić information content (AvgIpc) is 3.32. The molecular weight excluding hydrogens is 428 g/mol. The molecule has 1 aliphatic rings. The van der Waals surface area contributed by atoms with E-state index in [-0.39, 0.29) is 17.4 Å². The van der Waals surface area contributed by atoms with Gasteiger partial charge < -0.3 is 14.8 Å². The lowest BCUT2D eigenvalue weighted by atomic mass is 10.1. The fourth-order valence-electron chi connectivity index (χ4n) is 3.65. The summed E-state index contributed by atoms with van der Waals surface area (Å²) in [6.45, 7) is 7.62. The summed E-state index contributed by atoms with van der Waals surface area (Å²) in [6.07, 6.45) is 1.78. The van der Waals surface area contributed by atoms with Gasteiger partial charge in [0, 0.05) is 13.1 Å². The van der Waals surface area contributed by atoms with E-state index >= 15 is 0 Å². The molecule has 7 nitrogen and oxygen atoms in total. The Morgan fingerprint density at radius 2 is 1.78 bits per heavy atom. The van der Waals surface area contributed by atoms with Crippen molar-refractivity contribution in [3.8, 4) is 11.5 Å². The van der Waals surface area contributed by atoms with Crippen LogP contribution in [0.5, 0.6) is 11.5 Å². The molecule has 1 fully saturated rings. The van der Waals surface area contributed by atoms with Crippen molar-refractivity contribution in [3.05, 3.63) is 53.6 Å². The maximum absolute atomic E-state index is 12.6. The first-order valence-electron chi connectivity index (χ1n) is 11.1. The number of nitrogens with zero attached hydrogens (tertiary/aromatic N) is 1. The van der Waals surface area contributed by atoms with Gasteiger partial charge in [-0.2, -0.15) is 4.31 Å². The van der Waals surface area contributed by atoms with Crippen LogP contribution in [-0.4, -0.2) is 51.0 Å². The molecule has 174 valence electrons. The first-order valence-corrected chi connectivity index (χ1v) is 12.5. The first-order chi connectivity index (χ1) is 15.3. The summed E-state index contributed by atoms with van der Waals surface area (Å²) in [5.41, 5.74) is 2.14. The molecule has 0 saturated carbocycles. The third-order valence-electron chi connectivity index (χ3n) is 5.46. The van der Waals surface area contributed by atoms with Gasteiger partial charge in [0.25, 0.3) is 5.91 Å². The van der Waals surface area contributed by atoms with Crippen molar-refractivity contribution >= 4 is 15.9 Å². The van der Waals surface area contributed by atoms with Crippen molar-refractivity contribution in [2.24, 2.45) is 0 Å². The van der Waals surface area contributed by atoms with Crippen LogP contribution in [0.2, 0.25) is 0 Å². The zero-order valence-electron chi connectivity index (χ0n) is 19.0. The fraction of sp³-hybridized carbons (Fsp3) is 0.458. The van der Waals surface area contributed by atoms with E-state index in [1.165, 1.54) is 4.31 Å². The number of hydrogen-bond donors (Lipinski definition) is 1. The summed E-state index contributed by atoms with van der Waals surface area (Å²) in [4.78, 5) is 12.8. The number of ether oxygens (including phenoxy) is 2. The molecule has 2 aromatic rings. The largest absolute Gasteiger partial charge is 0.492 e. The van der Waals surface area contributed by atoms with Gasteiger partial charge in [0.2, 0.25) is 10.0 Å². The van der Waals surface area contributed by atoms with Crippen LogP contribution in [-0.2, 0) is 14.8 Å². The molecule has 0 bridgehead atoms. The molecule has 1 aliphatic heterocycles. The van der Waals surface area contributed by atoms with Gasteiger partial charge >= 0.3 is 0 Å². The second-order valence-corrected chi connectivity index (χ2v) is 9.94. The van der Waals surface area contributed by atoms with E-state index in [1.807, 2.05) is 39.0 Å². The zero-order valence-corrected chi connectivity index (χ0v) is 19.8. The third-order valence-corrected chi connectivity index (χ3v) is 7.37. The normalized spacial score (nSPS) is 15.3. The molecule has 1 N–H and O–H groups in total. The van der Waals surface area contributed by atoms with Gasteiger partial charge in [-0.3, -0.25) is 4.79 Å². The number of nitrogens with one attached hydrogen (secondary N) is 1. The van der Waals surface area contributed by atoms with Crippen LogP contribution in [0, 0.1) is 13.8 Å². The number of rotatable bonds is 10. The maximum atomic E-state index is 12.6. The Balaban J connectivity index is 1.46. The highest BCUT2D eigenvalue weighted by atomic mass is 32.2. The minimum atomic E-state index is -3.43. The number of carbonyl (C=O) groups excluding carboxylic acids is 1. The van der Waals surface area contributed by atoms with Gasteiger partial charge in [-0.1, -0.05) is 24.6 Å². The predicted molar refractivity (Wildman–Crippen MR) is 124 cm³/mol. The Kier molecular flexibility index (Phi) is 8.15. The van der Waals surface area contributed by atoms with Crippen LogP contribution in [0.25, 0.3) is 0 Å². The van der Waals surface area contributed by atoms with Crippen LogP contribution >= 0.6 is 0 Å². The van der Waals surface area contributed by atoms with Crippen LogP contribution in [0.1, 0.15) is 37.3 Å². The molecular formula is C24H32N2O5S. The number of amides is 1. The molecule has 0 aliphatic carbocycles. The van der Waals surface area contributed by atoms with Crippen molar-refractivity contribution in [2.75, 3.05) is 26.2 Å². The van der Waals surface area contributed by atoms with E-state index in [4.69, 9.17) is 9.47 Å². The number of aryl methyl sites for hydroxylation is 2. The SMILES string of the molecule is CC[C@@H](Oc1ccc(C)cc1C)C(=O)NCCOc1ccc(S(=O)(=O)N2CCCC2)cc1. The monoisotopic (exact) mass is 460 g/mol. The molecule has 8 heteroatoms. The number of hydrogen-bond acceptors (Lipinski definition) is 5. The summed E-state index contributed by atoms with van der Waals surface area (Å²) in [5.74, 6) is 1.07. The predicted octanol–water partition coefficient (Wildman–Crippen LogP) is 3.44. The smallest absolute Gasteiger partial charge is 0.261 e. The Labute approximate surface area is 190 Å². The maximum Gasteiger partial charge on any atom is 0.261 e. The van der Waals surface area contributed by atoms with Gasteiger partial charge in [-0.15, -0.1) is 0 Å². The molecule has 3 rings (SSSR count). The van der Waals surface area contributed by atoms with Crippen molar-refractivity contribution in [1.82, 2.24) is 9.62 Å². The van der Waals surface area contributed by atoms with E-state index in [2.05, 4.69) is 5.32 Å². The van der Waals surface area contributed by atoms with Gasteiger partial charge in [-0.05, 0) is 69.0 Å². The third kappa shape index (κ3) is 6.01. The highest BCUT2D eigenvalue weighted by molar-refractivity contribution is 7.89. The Bertz CT molecular complexity index is 1020. The van der Waals surface area contributed by atoms with Crippen LogP contribution in [0.3, 0.4) is 0 Å².